The number of hydrogen-bond donors (Lipinski definition) is 2. The molecule has 0 saturated carbocycles. The number of aryl methyl sites for hydroxylation is 1. The summed E-state index contributed by atoms with van der Waals surface area (Å²) >= 11 is 0. The van der Waals surface area contributed by atoms with Crippen molar-refractivity contribution in [1.29, 1.82) is 0 Å². The van der Waals surface area contributed by atoms with E-state index in [9.17, 15) is 14.2 Å². The summed E-state index contributed by atoms with van der Waals surface area (Å²) in [5.74, 6) is -1.44. The van der Waals surface area contributed by atoms with E-state index in [4.69, 9.17) is 9.63 Å². The quantitative estimate of drug-likeness (QED) is 0.530. The van der Waals surface area contributed by atoms with Gasteiger partial charge in [-0.15, -0.1) is 4.52 Å². The molecule has 0 heterocycles. The van der Waals surface area contributed by atoms with Crippen molar-refractivity contribution in [3.63, 3.8) is 0 Å². The van der Waals surface area contributed by atoms with Crippen molar-refractivity contribution in [3.8, 4) is 0 Å². The Hall–Kier alpha value is -2.56. The maximum absolute atomic E-state index is 12.4. The first-order valence-corrected chi connectivity index (χ1v) is 10.6. The first-order chi connectivity index (χ1) is 13.5. The van der Waals surface area contributed by atoms with Gasteiger partial charge in [-0.25, -0.2) is 0 Å². The van der Waals surface area contributed by atoms with Gasteiger partial charge in [0.25, 0.3) is 5.91 Å². The molecule has 148 valence electrons. The standard InChI is InChI=1S/C21H24NO5P/c23-20(24)13-14-22-21(25)19(16-18-10-5-2-6-11-18)27-28(26)15-7-12-17-8-3-1-4-9-17/h1-6,8-11,19H,7,12-16H2,(H-,22,23,24,25)/p+1. The minimum absolute atomic E-state index is 0.00755. The molecule has 6 nitrogen and oxygen atoms in total. The van der Waals surface area contributed by atoms with Gasteiger partial charge in [-0.05, 0) is 28.5 Å². The second-order valence-electron chi connectivity index (χ2n) is 6.36. The highest BCUT2D eigenvalue weighted by Crippen LogP contribution is 2.27. The molecule has 0 radical (unpaired) electrons. The largest absolute Gasteiger partial charge is 0.508 e. The van der Waals surface area contributed by atoms with Crippen LogP contribution >= 0.6 is 8.03 Å². The third-order valence-electron chi connectivity index (χ3n) is 4.09. The Labute approximate surface area is 165 Å². The molecule has 2 aromatic rings. The van der Waals surface area contributed by atoms with E-state index in [1.165, 1.54) is 0 Å². The zero-order valence-electron chi connectivity index (χ0n) is 15.6. The van der Waals surface area contributed by atoms with E-state index in [0.29, 0.717) is 12.6 Å². The molecule has 2 rings (SSSR count). The summed E-state index contributed by atoms with van der Waals surface area (Å²) in [4.78, 5) is 23.0. The van der Waals surface area contributed by atoms with Gasteiger partial charge < -0.3 is 10.4 Å². The Morgan fingerprint density at radius 2 is 1.61 bits per heavy atom. The fourth-order valence-electron chi connectivity index (χ4n) is 2.66. The van der Waals surface area contributed by atoms with E-state index in [0.717, 1.165) is 17.5 Å². The highest BCUT2D eigenvalue weighted by atomic mass is 31.1. The van der Waals surface area contributed by atoms with E-state index < -0.39 is 26.0 Å². The molecule has 0 saturated heterocycles. The van der Waals surface area contributed by atoms with Crippen LogP contribution in [0.5, 0.6) is 0 Å². The van der Waals surface area contributed by atoms with Gasteiger partial charge in [-0.3, -0.25) is 9.59 Å². The summed E-state index contributed by atoms with van der Waals surface area (Å²) in [7, 11) is -2.00. The van der Waals surface area contributed by atoms with Crippen molar-refractivity contribution in [2.45, 2.75) is 31.8 Å². The normalized spacial score (nSPS) is 12.2. The summed E-state index contributed by atoms with van der Waals surface area (Å²) in [6.45, 7) is 0.00755. The van der Waals surface area contributed by atoms with Crippen molar-refractivity contribution in [2.24, 2.45) is 0 Å². The Morgan fingerprint density at radius 3 is 2.21 bits per heavy atom. The molecule has 0 aliphatic rings. The number of rotatable bonds is 12. The van der Waals surface area contributed by atoms with Gasteiger partial charge in [0.1, 0.15) is 0 Å². The lowest BCUT2D eigenvalue weighted by Gasteiger charge is -2.12. The monoisotopic (exact) mass is 402 g/mol. The molecule has 0 bridgehead atoms. The van der Waals surface area contributed by atoms with Crippen LogP contribution in [0.4, 0.5) is 0 Å². The van der Waals surface area contributed by atoms with E-state index >= 15 is 0 Å². The lowest BCUT2D eigenvalue weighted by atomic mass is 10.1. The molecular weight excluding hydrogens is 377 g/mol. The molecule has 0 aliphatic heterocycles. The van der Waals surface area contributed by atoms with Crippen molar-refractivity contribution in [3.05, 3.63) is 71.8 Å². The van der Waals surface area contributed by atoms with Gasteiger partial charge in [0.05, 0.1) is 6.42 Å². The molecule has 2 atom stereocenters. The maximum Gasteiger partial charge on any atom is 0.508 e. The number of hydrogen-bond acceptors (Lipinski definition) is 4. The number of amides is 1. The van der Waals surface area contributed by atoms with E-state index in [1.54, 1.807) is 0 Å². The first kappa shape index (κ1) is 21.7. The van der Waals surface area contributed by atoms with Crippen LogP contribution in [-0.4, -0.2) is 35.8 Å². The zero-order chi connectivity index (χ0) is 20.2. The fraction of sp³-hybridized carbons (Fsp3) is 0.333. The Morgan fingerprint density at radius 1 is 1.00 bits per heavy atom. The molecule has 1 amide bonds. The van der Waals surface area contributed by atoms with Crippen LogP contribution in [0.25, 0.3) is 0 Å². The average molecular weight is 402 g/mol. The lowest BCUT2D eigenvalue weighted by Crippen LogP contribution is -2.38. The topological polar surface area (TPSA) is 92.7 Å². The van der Waals surface area contributed by atoms with Crippen LogP contribution in [-0.2, 0) is 31.5 Å². The van der Waals surface area contributed by atoms with E-state index in [1.807, 2.05) is 60.7 Å². The van der Waals surface area contributed by atoms with Gasteiger partial charge >= 0.3 is 14.0 Å². The van der Waals surface area contributed by atoms with Gasteiger partial charge in [0.2, 0.25) is 0 Å². The summed E-state index contributed by atoms with van der Waals surface area (Å²) in [6, 6.07) is 19.2. The summed E-state index contributed by atoms with van der Waals surface area (Å²) < 4.78 is 17.9. The lowest BCUT2D eigenvalue weighted by molar-refractivity contribution is -0.137. The smallest absolute Gasteiger partial charge is 0.481 e. The van der Waals surface area contributed by atoms with E-state index in [-0.39, 0.29) is 19.4 Å². The van der Waals surface area contributed by atoms with Crippen LogP contribution in [0.3, 0.4) is 0 Å². The summed E-state index contributed by atoms with van der Waals surface area (Å²) in [6.07, 6.45) is 1.03. The van der Waals surface area contributed by atoms with Gasteiger partial charge in [0, 0.05) is 13.0 Å². The zero-order valence-corrected chi connectivity index (χ0v) is 16.5. The molecule has 0 aliphatic carbocycles. The Balaban J connectivity index is 1.88. The van der Waals surface area contributed by atoms with Crippen LogP contribution in [0.15, 0.2) is 60.7 Å². The molecule has 7 heteroatoms. The number of benzene rings is 2. The Kier molecular flexibility index (Phi) is 9.32. The van der Waals surface area contributed by atoms with Crippen molar-refractivity contribution in [2.75, 3.05) is 12.7 Å². The number of carbonyl (C=O) groups is 2. The number of carboxylic acids is 1. The van der Waals surface area contributed by atoms with E-state index in [2.05, 4.69) is 5.32 Å². The third kappa shape index (κ3) is 8.42. The Bertz CT molecular complexity index is 767. The molecule has 0 aromatic heterocycles. The van der Waals surface area contributed by atoms with Gasteiger partial charge in [-0.1, -0.05) is 60.7 Å². The van der Waals surface area contributed by atoms with Gasteiger partial charge in [-0.2, -0.15) is 0 Å². The highest BCUT2D eigenvalue weighted by Gasteiger charge is 2.30. The van der Waals surface area contributed by atoms with Crippen LogP contribution in [0.2, 0.25) is 0 Å². The molecule has 0 spiro atoms. The molecule has 2 N–H and O–H groups in total. The second kappa shape index (κ2) is 12.0. The highest BCUT2D eigenvalue weighted by molar-refractivity contribution is 7.39. The number of nitrogens with one attached hydrogen (secondary N) is 1. The number of carbonyl (C=O) groups excluding carboxylic acids is 1. The van der Waals surface area contributed by atoms with Gasteiger partial charge in [0.15, 0.2) is 12.3 Å². The molecule has 28 heavy (non-hydrogen) atoms. The second-order valence-corrected chi connectivity index (χ2v) is 7.69. The molecular formula is C21H25NO5P+. The number of carboxylic acid groups (broad SMARTS) is 1. The molecule has 0 fully saturated rings. The fourth-order valence-corrected chi connectivity index (χ4v) is 3.64. The SMILES string of the molecule is O=C(O)CCNC(=O)C(Cc1ccccc1)O[P+](=O)CCCc1ccccc1. The van der Waals surface area contributed by atoms with Crippen molar-refractivity contribution >= 4 is 19.9 Å². The predicted octanol–water partition coefficient (Wildman–Crippen LogP) is 3.58. The third-order valence-corrected chi connectivity index (χ3v) is 5.26. The average Bonchev–Trinajstić information content (AvgIpc) is 2.69. The van der Waals surface area contributed by atoms with Crippen LogP contribution < -0.4 is 5.32 Å². The van der Waals surface area contributed by atoms with Crippen molar-refractivity contribution in [1.82, 2.24) is 5.32 Å². The van der Waals surface area contributed by atoms with Crippen LogP contribution in [0.1, 0.15) is 24.0 Å². The minimum Gasteiger partial charge on any atom is -0.481 e. The predicted molar refractivity (Wildman–Crippen MR) is 108 cm³/mol. The molecule has 2 aromatic carbocycles. The minimum atomic E-state index is -2.00. The molecule has 2 unspecified atom stereocenters. The summed E-state index contributed by atoms with van der Waals surface area (Å²) in [5.41, 5.74) is 2.05. The maximum atomic E-state index is 12.4. The van der Waals surface area contributed by atoms with Crippen molar-refractivity contribution < 1.29 is 23.8 Å². The summed E-state index contributed by atoms with van der Waals surface area (Å²) in [5, 5.41) is 11.3. The first-order valence-electron chi connectivity index (χ1n) is 9.23. The van der Waals surface area contributed by atoms with Crippen LogP contribution in [0, 0.1) is 0 Å². The number of aliphatic carboxylic acids is 1.